The van der Waals surface area contributed by atoms with Crippen LogP contribution in [0.2, 0.25) is 0 Å². The number of carbonyl (C=O) groups is 1. The Morgan fingerprint density at radius 3 is 3.00 bits per heavy atom. The Kier molecular flexibility index (Phi) is 3.97. The number of nitrogen functional groups attached to an aromatic ring is 1. The SMILES string of the molecule is COc1ccc(NC(=O)CCn2cncn2)cc1N. The summed E-state index contributed by atoms with van der Waals surface area (Å²) in [6.45, 7) is 0.484. The number of nitrogens with zero attached hydrogens (tertiary/aromatic N) is 3. The van der Waals surface area contributed by atoms with Gasteiger partial charge in [-0.25, -0.2) is 4.98 Å². The van der Waals surface area contributed by atoms with Crippen molar-refractivity contribution in [3.63, 3.8) is 0 Å². The molecule has 0 fully saturated rings. The van der Waals surface area contributed by atoms with Crippen LogP contribution in [0.3, 0.4) is 0 Å². The number of aromatic nitrogens is 3. The molecule has 0 radical (unpaired) electrons. The first kappa shape index (κ1) is 12.9. The van der Waals surface area contributed by atoms with E-state index in [9.17, 15) is 4.79 Å². The fourth-order valence-corrected chi connectivity index (χ4v) is 1.60. The summed E-state index contributed by atoms with van der Waals surface area (Å²) in [5, 5.41) is 6.68. The summed E-state index contributed by atoms with van der Waals surface area (Å²) in [7, 11) is 1.54. The molecule has 0 saturated heterocycles. The minimum absolute atomic E-state index is 0.111. The summed E-state index contributed by atoms with van der Waals surface area (Å²) in [6.07, 6.45) is 3.32. The summed E-state index contributed by atoms with van der Waals surface area (Å²) in [4.78, 5) is 15.5. The maximum Gasteiger partial charge on any atom is 0.226 e. The minimum atomic E-state index is -0.111. The van der Waals surface area contributed by atoms with Crippen LogP contribution in [-0.4, -0.2) is 27.8 Å². The highest BCUT2D eigenvalue weighted by atomic mass is 16.5. The standard InChI is InChI=1S/C12H15N5O2/c1-19-11-3-2-9(6-10(11)13)16-12(18)4-5-17-8-14-7-15-17/h2-3,6-8H,4-5,13H2,1H3,(H,16,18). The van der Waals surface area contributed by atoms with Gasteiger partial charge in [-0.2, -0.15) is 5.10 Å². The molecule has 0 bridgehead atoms. The fraction of sp³-hybridized carbons (Fsp3) is 0.250. The molecule has 1 heterocycles. The highest BCUT2D eigenvalue weighted by Crippen LogP contribution is 2.24. The number of anilines is 2. The van der Waals surface area contributed by atoms with Gasteiger partial charge in [0.2, 0.25) is 5.91 Å². The molecule has 100 valence electrons. The molecule has 0 unspecified atom stereocenters. The number of hydrogen-bond acceptors (Lipinski definition) is 5. The van der Waals surface area contributed by atoms with Gasteiger partial charge in [-0.3, -0.25) is 9.48 Å². The highest BCUT2D eigenvalue weighted by Gasteiger charge is 2.05. The lowest BCUT2D eigenvalue weighted by Gasteiger charge is -2.08. The van der Waals surface area contributed by atoms with Gasteiger partial charge in [0.1, 0.15) is 18.4 Å². The van der Waals surface area contributed by atoms with Crippen LogP contribution in [0, 0.1) is 0 Å². The molecule has 1 aromatic heterocycles. The number of hydrogen-bond donors (Lipinski definition) is 2. The van der Waals surface area contributed by atoms with Crippen LogP contribution in [0.1, 0.15) is 6.42 Å². The van der Waals surface area contributed by atoms with Gasteiger partial charge in [0, 0.05) is 12.1 Å². The van der Waals surface area contributed by atoms with Crippen molar-refractivity contribution >= 4 is 17.3 Å². The molecule has 0 spiro atoms. The van der Waals surface area contributed by atoms with E-state index in [0.717, 1.165) is 0 Å². The van der Waals surface area contributed by atoms with E-state index in [1.807, 2.05) is 0 Å². The van der Waals surface area contributed by atoms with Gasteiger partial charge in [-0.1, -0.05) is 0 Å². The molecule has 0 saturated carbocycles. The smallest absolute Gasteiger partial charge is 0.226 e. The second-order valence-electron chi connectivity index (χ2n) is 3.91. The number of benzene rings is 1. The quantitative estimate of drug-likeness (QED) is 0.780. The first-order valence-corrected chi connectivity index (χ1v) is 5.75. The first-order chi connectivity index (χ1) is 9.19. The molecule has 7 nitrogen and oxygen atoms in total. The highest BCUT2D eigenvalue weighted by molar-refractivity contribution is 5.91. The third kappa shape index (κ3) is 3.44. The van der Waals surface area contributed by atoms with E-state index in [2.05, 4.69) is 15.4 Å². The Labute approximate surface area is 110 Å². The van der Waals surface area contributed by atoms with Crippen molar-refractivity contribution in [1.29, 1.82) is 0 Å². The van der Waals surface area contributed by atoms with Crippen molar-refractivity contribution in [1.82, 2.24) is 14.8 Å². The van der Waals surface area contributed by atoms with Gasteiger partial charge in [0.05, 0.1) is 19.3 Å². The summed E-state index contributed by atoms with van der Waals surface area (Å²) in [5.41, 5.74) is 6.88. The lowest BCUT2D eigenvalue weighted by Crippen LogP contribution is -2.14. The second-order valence-corrected chi connectivity index (χ2v) is 3.91. The van der Waals surface area contributed by atoms with Gasteiger partial charge >= 0.3 is 0 Å². The molecule has 2 aromatic rings. The van der Waals surface area contributed by atoms with Crippen molar-refractivity contribution in [2.45, 2.75) is 13.0 Å². The minimum Gasteiger partial charge on any atom is -0.495 e. The van der Waals surface area contributed by atoms with Crippen LogP contribution in [0.5, 0.6) is 5.75 Å². The number of ether oxygens (including phenoxy) is 1. The summed E-state index contributed by atoms with van der Waals surface area (Å²) in [6, 6.07) is 5.11. The molecule has 0 atom stereocenters. The van der Waals surface area contributed by atoms with Crippen molar-refractivity contribution in [3.8, 4) is 5.75 Å². The Morgan fingerprint density at radius 2 is 2.37 bits per heavy atom. The zero-order valence-corrected chi connectivity index (χ0v) is 10.5. The van der Waals surface area contributed by atoms with Crippen LogP contribution < -0.4 is 15.8 Å². The maximum absolute atomic E-state index is 11.7. The van der Waals surface area contributed by atoms with Gasteiger partial charge in [0.15, 0.2) is 0 Å². The summed E-state index contributed by atoms with van der Waals surface area (Å²) in [5.74, 6) is 0.473. The molecule has 0 aliphatic heterocycles. The Balaban J connectivity index is 1.90. The lowest BCUT2D eigenvalue weighted by molar-refractivity contribution is -0.116. The average molecular weight is 261 g/mol. The third-order valence-corrected chi connectivity index (χ3v) is 2.55. The molecule has 3 N–H and O–H groups in total. The molecule has 7 heteroatoms. The topological polar surface area (TPSA) is 95.1 Å². The number of nitrogens with two attached hydrogens (primary N) is 1. The van der Waals surface area contributed by atoms with E-state index in [4.69, 9.17) is 10.5 Å². The van der Waals surface area contributed by atoms with E-state index < -0.39 is 0 Å². The molecule has 0 aliphatic carbocycles. The number of methoxy groups -OCH3 is 1. The molecular weight excluding hydrogens is 246 g/mol. The summed E-state index contributed by atoms with van der Waals surface area (Å²) < 4.78 is 6.64. The van der Waals surface area contributed by atoms with Crippen molar-refractivity contribution in [3.05, 3.63) is 30.9 Å². The van der Waals surface area contributed by atoms with E-state index in [1.54, 1.807) is 36.3 Å². The van der Waals surface area contributed by atoms with Crippen molar-refractivity contribution in [2.75, 3.05) is 18.2 Å². The number of amides is 1. The van der Waals surface area contributed by atoms with Crippen LogP contribution in [0.25, 0.3) is 0 Å². The van der Waals surface area contributed by atoms with Gasteiger partial charge < -0.3 is 15.8 Å². The number of carbonyl (C=O) groups excluding carboxylic acids is 1. The molecule has 19 heavy (non-hydrogen) atoms. The van der Waals surface area contributed by atoms with Crippen LogP contribution in [-0.2, 0) is 11.3 Å². The van der Waals surface area contributed by atoms with Gasteiger partial charge in [-0.05, 0) is 18.2 Å². The Hall–Kier alpha value is -2.57. The predicted octanol–water partition coefficient (Wildman–Crippen LogP) is 0.898. The van der Waals surface area contributed by atoms with Crippen LogP contribution in [0.15, 0.2) is 30.9 Å². The molecule has 2 rings (SSSR count). The van der Waals surface area contributed by atoms with Crippen LogP contribution >= 0.6 is 0 Å². The third-order valence-electron chi connectivity index (χ3n) is 2.55. The maximum atomic E-state index is 11.7. The molecule has 1 aromatic carbocycles. The molecular formula is C12H15N5O2. The fourth-order valence-electron chi connectivity index (χ4n) is 1.60. The van der Waals surface area contributed by atoms with E-state index >= 15 is 0 Å². The Bertz CT molecular complexity index is 553. The first-order valence-electron chi connectivity index (χ1n) is 5.75. The largest absolute Gasteiger partial charge is 0.495 e. The molecule has 1 amide bonds. The van der Waals surface area contributed by atoms with Gasteiger partial charge in [-0.15, -0.1) is 0 Å². The second kappa shape index (κ2) is 5.85. The zero-order chi connectivity index (χ0) is 13.7. The van der Waals surface area contributed by atoms with Crippen LogP contribution in [0.4, 0.5) is 11.4 Å². The van der Waals surface area contributed by atoms with E-state index in [0.29, 0.717) is 30.1 Å². The Morgan fingerprint density at radius 1 is 1.53 bits per heavy atom. The zero-order valence-electron chi connectivity index (χ0n) is 10.5. The van der Waals surface area contributed by atoms with Gasteiger partial charge in [0.25, 0.3) is 0 Å². The van der Waals surface area contributed by atoms with E-state index in [-0.39, 0.29) is 5.91 Å². The predicted molar refractivity (Wildman–Crippen MR) is 70.7 cm³/mol. The monoisotopic (exact) mass is 261 g/mol. The van der Waals surface area contributed by atoms with Crippen molar-refractivity contribution < 1.29 is 9.53 Å². The summed E-state index contributed by atoms with van der Waals surface area (Å²) >= 11 is 0. The number of rotatable bonds is 5. The lowest BCUT2D eigenvalue weighted by atomic mass is 10.2. The average Bonchev–Trinajstić information content (AvgIpc) is 2.90. The number of nitrogens with one attached hydrogen (secondary N) is 1. The number of aryl methyl sites for hydroxylation is 1. The normalized spacial score (nSPS) is 10.2. The van der Waals surface area contributed by atoms with Crippen molar-refractivity contribution in [2.24, 2.45) is 0 Å². The van der Waals surface area contributed by atoms with E-state index in [1.165, 1.54) is 6.33 Å². The molecule has 0 aliphatic rings.